The van der Waals surface area contributed by atoms with Crippen molar-refractivity contribution >= 4 is 5.97 Å². The predicted molar refractivity (Wildman–Crippen MR) is 56.6 cm³/mol. The van der Waals surface area contributed by atoms with Crippen LogP contribution in [0.4, 0.5) is 0 Å². The fraction of sp³-hybridized carbons (Fsp3) is 0.700. The number of nitrogens with one attached hydrogen (secondary N) is 1. The van der Waals surface area contributed by atoms with Gasteiger partial charge in [0.05, 0.1) is 0 Å². The number of hydrogen-bond donors (Lipinski definition) is 1. The molecule has 0 aromatic carbocycles. The molecule has 6 heteroatoms. The van der Waals surface area contributed by atoms with E-state index >= 15 is 0 Å². The number of hydrogen-bond acceptors (Lipinski definition) is 5. The average Bonchev–Trinajstić information content (AvgIpc) is 2.68. The number of carbonyl (C=O) groups excluding carboxylic acids is 1. The Bertz CT molecular complexity index is 325. The number of aryl methyl sites for hydroxylation is 1. The summed E-state index contributed by atoms with van der Waals surface area (Å²) >= 11 is 0. The van der Waals surface area contributed by atoms with E-state index in [2.05, 4.69) is 15.2 Å². The lowest BCUT2D eigenvalue weighted by Crippen LogP contribution is -2.07. The number of ether oxygens (including phenoxy) is 2. The van der Waals surface area contributed by atoms with E-state index in [0.29, 0.717) is 37.7 Å². The summed E-state index contributed by atoms with van der Waals surface area (Å²) in [5.74, 6) is 0.959. The average molecular weight is 227 g/mol. The molecular weight excluding hydrogens is 210 g/mol. The third-order valence-electron chi connectivity index (χ3n) is 1.88. The summed E-state index contributed by atoms with van der Waals surface area (Å²) in [7, 11) is 0. The van der Waals surface area contributed by atoms with Gasteiger partial charge in [-0.1, -0.05) is 0 Å². The van der Waals surface area contributed by atoms with Crippen LogP contribution in [0.2, 0.25) is 0 Å². The number of H-pyrrole nitrogens is 1. The van der Waals surface area contributed by atoms with Crippen molar-refractivity contribution in [2.45, 2.75) is 33.3 Å². The van der Waals surface area contributed by atoms with Crippen LogP contribution in [0.15, 0.2) is 0 Å². The molecule has 0 atom stereocenters. The van der Waals surface area contributed by atoms with Crippen LogP contribution < -0.4 is 0 Å². The predicted octanol–water partition coefficient (Wildman–Crippen LogP) is 0.973. The molecule has 0 saturated carbocycles. The molecule has 0 bridgehead atoms. The molecule has 0 spiro atoms. The van der Waals surface area contributed by atoms with Gasteiger partial charge in [0.2, 0.25) is 0 Å². The Morgan fingerprint density at radius 2 is 2.31 bits per heavy atom. The zero-order valence-corrected chi connectivity index (χ0v) is 9.65. The molecule has 1 N–H and O–H groups in total. The van der Waals surface area contributed by atoms with Crippen LogP contribution in [0.25, 0.3) is 0 Å². The van der Waals surface area contributed by atoms with Crippen LogP contribution in [0.3, 0.4) is 0 Å². The first-order chi connectivity index (χ1) is 7.72. The van der Waals surface area contributed by atoms with Crippen LogP contribution in [-0.2, 0) is 20.9 Å². The van der Waals surface area contributed by atoms with Gasteiger partial charge in [-0.15, -0.1) is 0 Å². The van der Waals surface area contributed by atoms with Gasteiger partial charge < -0.3 is 9.47 Å². The summed E-state index contributed by atoms with van der Waals surface area (Å²) in [6.45, 7) is 5.10. The van der Waals surface area contributed by atoms with Crippen molar-refractivity contribution in [1.29, 1.82) is 0 Å². The van der Waals surface area contributed by atoms with Crippen LogP contribution in [0.1, 0.15) is 31.4 Å². The summed E-state index contributed by atoms with van der Waals surface area (Å²) in [4.78, 5) is 15.3. The van der Waals surface area contributed by atoms with Crippen molar-refractivity contribution in [2.24, 2.45) is 0 Å². The van der Waals surface area contributed by atoms with Gasteiger partial charge in [-0.2, -0.15) is 5.10 Å². The van der Waals surface area contributed by atoms with E-state index < -0.39 is 0 Å². The topological polar surface area (TPSA) is 77.1 Å². The largest absolute Gasteiger partial charge is 0.457 e. The van der Waals surface area contributed by atoms with Gasteiger partial charge in [0.15, 0.2) is 12.4 Å². The normalized spacial score (nSPS) is 10.4. The van der Waals surface area contributed by atoms with E-state index in [1.165, 1.54) is 0 Å². The molecule has 0 aliphatic rings. The van der Waals surface area contributed by atoms with Gasteiger partial charge >= 0.3 is 5.97 Å². The number of rotatable bonds is 7. The molecular formula is C10H17N3O3. The maximum Gasteiger partial charge on any atom is 0.306 e. The molecule has 0 aliphatic heterocycles. The van der Waals surface area contributed by atoms with Crippen molar-refractivity contribution in [3.05, 3.63) is 11.6 Å². The minimum absolute atomic E-state index is 0.123. The smallest absolute Gasteiger partial charge is 0.306 e. The van der Waals surface area contributed by atoms with Gasteiger partial charge in [-0.25, -0.2) is 4.98 Å². The molecule has 0 aliphatic carbocycles. The third-order valence-corrected chi connectivity index (χ3v) is 1.88. The number of esters is 1. The highest BCUT2D eigenvalue weighted by Gasteiger charge is 2.05. The van der Waals surface area contributed by atoms with E-state index in [-0.39, 0.29) is 12.6 Å². The minimum atomic E-state index is -0.248. The van der Waals surface area contributed by atoms with E-state index in [0.717, 1.165) is 0 Å². The molecule has 6 nitrogen and oxygen atoms in total. The monoisotopic (exact) mass is 227 g/mol. The standard InChI is InChI=1S/C10H17N3O3/c1-3-15-6-4-5-10(14)16-7-9-11-8(2)12-13-9/h3-7H2,1-2H3,(H,11,12,13). The molecule has 0 amide bonds. The van der Waals surface area contributed by atoms with Crippen molar-refractivity contribution in [3.63, 3.8) is 0 Å². The SMILES string of the molecule is CCOCCCC(=O)OCc1n[nH]c(C)n1. The van der Waals surface area contributed by atoms with Gasteiger partial charge in [0.25, 0.3) is 0 Å². The second-order valence-electron chi connectivity index (χ2n) is 3.30. The highest BCUT2D eigenvalue weighted by atomic mass is 16.5. The molecule has 1 aromatic heterocycles. The van der Waals surface area contributed by atoms with Crippen LogP contribution >= 0.6 is 0 Å². The van der Waals surface area contributed by atoms with Gasteiger partial charge in [-0.3, -0.25) is 9.89 Å². The van der Waals surface area contributed by atoms with Crippen LogP contribution in [0.5, 0.6) is 0 Å². The maximum absolute atomic E-state index is 11.2. The van der Waals surface area contributed by atoms with Crippen molar-refractivity contribution in [2.75, 3.05) is 13.2 Å². The highest BCUT2D eigenvalue weighted by Crippen LogP contribution is 1.98. The molecule has 16 heavy (non-hydrogen) atoms. The summed E-state index contributed by atoms with van der Waals surface area (Å²) in [5, 5.41) is 6.54. The van der Waals surface area contributed by atoms with Gasteiger partial charge in [0.1, 0.15) is 5.82 Å². The van der Waals surface area contributed by atoms with Crippen molar-refractivity contribution < 1.29 is 14.3 Å². The molecule has 1 heterocycles. The maximum atomic E-state index is 11.2. The molecule has 90 valence electrons. The molecule has 0 unspecified atom stereocenters. The van der Waals surface area contributed by atoms with Crippen LogP contribution in [-0.4, -0.2) is 34.4 Å². The number of aromatic nitrogens is 3. The summed E-state index contributed by atoms with van der Waals surface area (Å²) in [6, 6.07) is 0. The molecule has 0 radical (unpaired) electrons. The van der Waals surface area contributed by atoms with Crippen molar-refractivity contribution in [3.8, 4) is 0 Å². The second-order valence-corrected chi connectivity index (χ2v) is 3.30. The Kier molecular flexibility index (Phi) is 5.49. The second kappa shape index (κ2) is 6.95. The lowest BCUT2D eigenvalue weighted by atomic mass is 10.3. The molecule has 1 aromatic rings. The highest BCUT2D eigenvalue weighted by molar-refractivity contribution is 5.69. The molecule has 0 saturated heterocycles. The quantitative estimate of drug-likeness (QED) is 0.555. The van der Waals surface area contributed by atoms with Gasteiger partial charge in [-0.05, 0) is 20.3 Å². The number of aromatic amines is 1. The van der Waals surface area contributed by atoms with E-state index in [9.17, 15) is 4.79 Å². The van der Waals surface area contributed by atoms with Gasteiger partial charge in [0, 0.05) is 19.6 Å². The minimum Gasteiger partial charge on any atom is -0.457 e. The summed E-state index contributed by atoms with van der Waals surface area (Å²) in [6.07, 6.45) is 1.04. The Morgan fingerprint density at radius 3 is 2.94 bits per heavy atom. The van der Waals surface area contributed by atoms with Crippen molar-refractivity contribution in [1.82, 2.24) is 15.2 Å². The lowest BCUT2D eigenvalue weighted by molar-refractivity contribution is -0.145. The Labute approximate surface area is 94.4 Å². The number of carbonyl (C=O) groups is 1. The fourth-order valence-corrected chi connectivity index (χ4v) is 1.13. The zero-order chi connectivity index (χ0) is 11.8. The number of nitrogens with zero attached hydrogens (tertiary/aromatic N) is 2. The first-order valence-corrected chi connectivity index (χ1v) is 5.33. The summed E-state index contributed by atoms with van der Waals surface area (Å²) < 4.78 is 10.1. The molecule has 1 rings (SSSR count). The van der Waals surface area contributed by atoms with Crippen LogP contribution in [0, 0.1) is 6.92 Å². The fourth-order valence-electron chi connectivity index (χ4n) is 1.13. The first-order valence-electron chi connectivity index (χ1n) is 5.33. The first kappa shape index (κ1) is 12.6. The van der Waals surface area contributed by atoms with E-state index in [4.69, 9.17) is 9.47 Å². The third kappa shape index (κ3) is 4.88. The zero-order valence-electron chi connectivity index (χ0n) is 9.65. The Hall–Kier alpha value is -1.43. The van der Waals surface area contributed by atoms with E-state index in [1.807, 2.05) is 6.92 Å². The molecule has 0 fully saturated rings. The lowest BCUT2D eigenvalue weighted by Gasteiger charge is -2.02. The Balaban J connectivity index is 2.10. The van der Waals surface area contributed by atoms with E-state index in [1.54, 1.807) is 6.92 Å². The Morgan fingerprint density at radius 1 is 1.50 bits per heavy atom. The summed E-state index contributed by atoms with van der Waals surface area (Å²) in [5.41, 5.74) is 0.